The second-order valence-electron chi connectivity index (χ2n) is 2.04. The fourth-order valence-electron chi connectivity index (χ4n) is 0.464. The third kappa shape index (κ3) is 5.15. The van der Waals surface area contributed by atoms with Crippen molar-refractivity contribution >= 4 is 11.5 Å². The maximum absolute atomic E-state index is 11.3. The molecule has 0 fully saturated rings. The van der Waals surface area contributed by atoms with Crippen LogP contribution in [-0.4, -0.2) is 11.5 Å². The number of carbonyl (C=O) groups excluding carboxylic acids is 1. The van der Waals surface area contributed by atoms with Crippen LogP contribution >= 0.6 is 0 Å². The lowest BCUT2D eigenvalue weighted by molar-refractivity contribution is -0.114. The van der Waals surface area contributed by atoms with Gasteiger partial charge >= 0.3 is 0 Å². The van der Waals surface area contributed by atoms with Crippen LogP contribution in [0.15, 0.2) is 12.4 Å². The van der Waals surface area contributed by atoms with E-state index < -0.39 is 0 Å². The Morgan fingerprint density at radius 2 is 2.20 bits per heavy atom. The second kappa shape index (κ2) is 4.85. The lowest BCUT2D eigenvalue weighted by Gasteiger charge is -1.91. The number of hydrogen-bond acceptors (Lipinski definition) is 2. The summed E-state index contributed by atoms with van der Waals surface area (Å²) >= 11 is 0. The number of hydrogen-bond donors (Lipinski definition) is 1. The van der Waals surface area contributed by atoms with E-state index in [0.717, 1.165) is 6.08 Å². The molecule has 0 rings (SSSR count). The van der Waals surface area contributed by atoms with Gasteiger partial charge < -0.3 is 5.41 Å². The average Bonchev–Trinajstić information content (AvgIpc) is 1.85. The minimum absolute atomic E-state index is 0.224. The van der Waals surface area contributed by atoms with Crippen LogP contribution in [0.4, 0.5) is 4.39 Å². The fraction of sp³-hybridized carbons (Fsp3) is 0.429. The molecule has 0 radical (unpaired) electrons. The van der Waals surface area contributed by atoms with Crippen LogP contribution < -0.4 is 0 Å². The van der Waals surface area contributed by atoms with Crippen LogP contribution in [0.25, 0.3) is 0 Å². The molecule has 0 aromatic heterocycles. The maximum Gasteiger partial charge on any atom is 0.158 e. The molecule has 0 aliphatic carbocycles. The van der Waals surface area contributed by atoms with Crippen LogP contribution in [-0.2, 0) is 4.79 Å². The smallest absolute Gasteiger partial charge is 0.158 e. The molecule has 0 atom stereocenters. The van der Waals surface area contributed by atoms with Gasteiger partial charge in [0, 0.05) is 18.2 Å². The van der Waals surface area contributed by atoms with Crippen LogP contribution in [0, 0.1) is 5.41 Å². The Balaban J connectivity index is 3.50. The molecule has 3 heteroatoms. The van der Waals surface area contributed by atoms with Crippen LogP contribution in [0.3, 0.4) is 0 Å². The molecule has 2 nitrogen and oxygen atoms in total. The highest BCUT2D eigenvalue weighted by Crippen LogP contribution is 1.93. The Hall–Kier alpha value is -0.990. The molecule has 0 aliphatic heterocycles. The SMILES string of the molecule is CC(=N)CCC(=O)C=CF. The van der Waals surface area contributed by atoms with Crippen molar-refractivity contribution in [2.75, 3.05) is 0 Å². The summed E-state index contributed by atoms with van der Waals surface area (Å²) in [5.74, 6) is -0.269. The summed E-state index contributed by atoms with van der Waals surface area (Å²) in [6.07, 6.45) is 1.75. The minimum Gasteiger partial charge on any atom is -0.310 e. The summed E-state index contributed by atoms with van der Waals surface area (Å²) < 4.78 is 11.3. The first-order chi connectivity index (χ1) is 4.66. The normalized spacial score (nSPS) is 10.2. The number of nitrogens with one attached hydrogen (secondary N) is 1. The highest BCUT2D eigenvalue weighted by atomic mass is 19.1. The molecule has 0 amide bonds. The number of allylic oxidation sites excluding steroid dienone is 1. The molecule has 10 heavy (non-hydrogen) atoms. The van der Waals surface area contributed by atoms with E-state index in [1.165, 1.54) is 0 Å². The Morgan fingerprint density at radius 3 is 2.60 bits per heavy atom. The first-order valence-electron chi connectivity index (χ1n) is 3.00. The number of ketones is 1. The van der Waals surface area contributed by atoms with E-state index in [-0.39, 0.29) is 18.5 Å². The van der Waals surface area contributed by atoms with E-state index in [9.17, 15) is 9.18 Å². The van der Waals surface area contributed by atoms with Crippen molar-refractivity contribution in [2.45, 2.75) is 19.8 Å². The first-order valence-corrected chi connectivity index (χ1v) is 3.00. The monoisotopic (exact) mass is 143 g/mol. The summed E-state index contributed by atoms with van der Waals surface area (Å²) in [7, 11) is 0. The van der Waals surface area contributed by atoms with Gasteiger partial charge in [-0.1, -0.05) is 0 Å². The summed E-state index contributed by atoms with van der Waals surface area (Å²) in [4.78, 5) is 10.5. The van der Waals surface area contributed by atoms with Gasteiger partial charge in [-0.15, -0.1) is 0 Å². The van der Waals surface area contributed by atoms with Crippen molar-refractivity contribution in [3.63, 3.8) is 0 Å². The molecule has 0 bridgehead atoms. The molecule has 0 aromatic carbocycles. The van der Waals surface area contributed by atoms with Crippen molar-refractivity contribution in [3.05, 3.63) is 12.4 Å². The summed E-state index contributed by atoms with van der Waals surface area (Å²) in [5.41, 5.74) is 0.445. The third-order valence-electron chi connectivity index (χ3n) is 0.995. The molecule has 0 aromatic rings. The number of halogens is 1. The molecule has 0 aliphatic rings. The predicted molar refractivity (Wildman–Crippen MR) is 37.9 cm³/mol. The molecule has 0 spiro atoms. The van der Waals surface area contributed by atoms with Crippen LogP contribution in [0.1, 0.15) is 19.8 Å². The number of carbonyl (C=O) groups is 1. The van der Waals surface area contributed by atoms with Gasteiger partial charge in [-0.3, -0.25) is 4.79 Å². The molecule has 0 saturated carbocycles. The number of rotatable bonds is 4. The topological polar surface area (TPSA) is 40.9 Å². The lowest BCUT2D eigenvalue weighted by atomic mass is 10.2. The standard InChI is InChI=1S/C7H10FNO/c1-6(9)2-3-7(10)4-5-8/h4-5,9H,2-3H2,1H3. The van der Waals surface area contributed by atoms with E-state index in [1.54, 1.807) is 6.92 Å². The van der Waals surface area contributed by atoms with E-state index in [0.29, 0.717) is 12.1 Å². The van der Waals surface area contributed by atoms with Crippen LogP contribution in [0.2, 0.25) is 0 Å². The summed E-state index contributed by atoms with van der Waals surface area (Å²) in [6, 6.07) is 0. The molecular weight excluding hydrogens is 133 g/mol. The quantitative estimate of drug-likeness (QED) is 0.473. The van der Waals surface area contributed by atoms with Gasteiger partial charge in [-0.25, -0.2) is 4.39 Å². The van der Waals surface area contributed by atoms with Gasteiger partial charge in [0.05, 0.1) is 6.33 Å². The molecule has 1 N–H and O–H groups in total. The van der Waals surface area contributed by atoms with Crippen molar-refractivity contribution in [1.29, 1.82) is 5.41 Å². The van der Waals surface area contributed by atoms with Crippen molar-refractivity contribution in [1.82, 2.24) is 0 Å². The average molecular weight is 143 g/mol. The Labute approximate surface area is 59.3 Å². The van der Waals surface area contributed by atoms with Gasteiger partial charge in [0.25, 0.3) is 0 Å². The zero-order valence-electron chi connectivity index (χ0n) is 5.86. The molecular formula is C7H10FNO. The van der Waals surface area contributed by atoms with E-state index >= 15 is 0 Å². The highest BCUT2D eigenvalue weighted by Gasteiger charge is 1.96. The van der Waals surface area contributed by atoms with E-state index in [4.69, 9.17) is 5.41 Å². The largest absolute Gasteiger partial charge is 0.310 e. The van der Waals surface area contributed by atoms with Gasteiger partial charge in [-0.05, 0) is 13.3 Å². The van der Waals surface area contributed by atoms with Gasteiger partial charge in [0.1, 0.15) is 0 Å². The van der Waals surface area contributed by atoms with Crippen molar-refractivity contribution in [3.8, 4) is 0 Å². The molecule has 0 heterocycles. The molecule has 0 saturated heterocycles. The van der Waals surface area contributed by atoms with E-state index in [1.807, 2.05) is 0 Å². The third-order valence-corrected chi connectivity index (χ3v) is 0.995. The lowest BCUT2D eigenvalue weighted by Crippen LogP contribution is -1.96. The Kier molecular flexibility index (Phi) is 4.37. The summed E-state index contributed by atoms with van der Waals surface area (Å²) in [6.45, 7) is 1.62. The van der Waals surface area contributed by atoms with E-state index in [2.05, 4.69) is 0 Å². The Bertz CT molecular complexity index is 163. The van der Waals surface area contributed by atoms with Gasteiger partial charge in [0.2, 0.25) is 0 Å². The van der Waals surface area contributed by atoms with Crippen molar-refractivity contribution in [2.24, 2.45) is 0 Å². The van der Waals surface area contributed by atoms with Gasteiger partial charge in [0.15, 0.2) is 5.78 Å². The zero-order valence-corrected chi connectivity index (χ0v) is 5.86. The predicted octanol–water partition coefficient (Wildman–Crippen LogP) is 1.86. The fourth-order valence-corrected chi connectivity index (χ4v) is 0.464. The Morgan fingerprint density at radius 1 is 1.60 bits per heavy atom. The second-order valence-corrected chi connectivity index (χ2v) is 2.04. The minimum atomic E-state index is -0.269. The first kappa shape index (κ1) is 9.01. The highest BCUT2D eigenvalue weighted by molar-refractivity contribution is 5.92. The molecule has 56 valence electrons. The molecule has 0 unspecified atom stereocenters. The summed E-state index contributed by atoms with van der Waals surface area (Å²) in [5, 5.41) is 6.95. The zero-order chi connectivity index (χ0) is 7.98. The maximum atomic E-state index is 11.3. The van der Waals surface area contributed by atoms with Crippen molar-refractivity contribution < 1.29 is 9.18 Å². The van der Waals surface area contributed by atoms with Crippen LogP contribution in [0.5, 0.6) is 0 Å². The van der Waals surface area contributed by atoms with Gasteiger partial charge in [-0.2, -0.15) is 0 Å².